The number of hydrogen-bond acceptors (Lipinski definition) is 5. The van der Waals surface area contributed by atoms with Gasteiger partial charge in [0.2, 0.25) is 0 Å². The average Bonchev–Trinajstić information content (AvgIpc) is 2.87. The number of aromatic nitrogens is 2. The lowest BCUT2D eigenvalue weighted by atomic mass is 10.4. The number of nitrogens with one attached hydrogen (secondary N) is 2. The first-order valence-corrected chi connectivity index (χ1v) is 8.04. The Labute approximate surface area is 116 Å². The number of rotatable bonds is 5. The highest BCUT2D eigenvalue weighted by Gasteiger charge is 2.18. The molecule has 0 atom stereocenters. The predicted octanol–water partition coefficient (Wildman–Crippen LogP) is 1.31. The third-order valence-corrected chi connectivity index (χ3v) is 4.98. The van der Waals surface area contributed by atoms with Crippen molar-refractivity contribution < 1.29 is 8.42 Å². The van der Waals surface area contributed by atoms with Crippen LogP contribution in [0.4, 0.5) is 5.69 Å². The fourth-order valence-electron chi connectivity index (χ4n) is 1.67. The van der Waals surface area contributed by atoms with Crippen molar-refractivity contribution in [2.45, 2.75) is 18.4 Å². The zero-order valence-electron chi connectivity index (χ0n) is 11.0. The van der Waals surface area contributed by atoms with Gasteiger partial charge < -0.3 is 5.32 Å². The van der Waals surface area contributed by atoms with Crippen molar-refractivity contribution in [2.75, 3.05) is 11.8 Å². The smallest absolute Gasteiger partial charge is 0.262 e. The van der Waals surface area contributed by atoms with Gasteiger partial charge in [0.1, 0.15) is 0 Å². The molecular formula is C11H16N4O2S2. The number of sulfonamides is 1. The third kappa shape index (κ3) is 3.14. The second-order valence-corrected chi connectivity index (χ2v) is 6.86. The Kier molecular flexibility index (Phi) is 3.93. The molecule has 0 aliphatic rings. The second-order valence-electron chi connectivity index (χ2n) is 4.19. The second kappa shape index (κ2) is 5.32. The molecule has 2 N–H and O–H groups in total. The van der Waals surface area contributed by atoms with Crippen molar-refractivity contribution in [3.63, 3.8) is 0 Å². The summed E-state index contributed by atoms with van der Waals surface area (Å²) >= 11 is 1.42. The van der Waals surface area contributed by atoms with E-state index in [9.17, 15) is 8.42 Å². The number of anilines is 1. The first kappa shape index (κ1) is 14.0. The van der Waals surface area contributed by atoms with Crippen molar-refractivity contribution >= 4 is 27.0 Å². The quantitative estimate of drug-likeness (QED) is 0.873. The summed E-state index contributed by atoms with van der Waals surface area (Å²) in [5, 5.41) is 8.74. The van der Waals surface area contributed by atoms with E-state index in [2.05, 4.69) is 15.1 Å². The number of nitrogens with zero attached hydrogens (tertiary/aromatic N) is 2. The largest absolute Gasteiger partial charge is 0.315 e. The number of hydrogen-bond donors (Lipinski definition) is 2. The van der Waals surface area contributed by atoms with E-state index in [1.807, 2.05) is 7.05 Å². The molecule has 0 saturated carbocycles. The maximum atomic E-state index is 12.2. The third-order valence-electron chi connectivity index (χ3n) is 2.55. The number of aryl methyl sites for hydroxylation is 2. The van der Waals surface area contributed by atoms with E-state index in [1.54, 1.807) is 36.3 Å². The minimum absolute atomic E-state index is 0.283. The van der Waals surface area contributed by atoms with Gasteiger partial charge in [-0.25, -0.2) is 8.42 Å². The van der Waals surface area contributed by atoms with Gasteiger partial charge in [-0.3, -0.25) is 9.40 Å². The highest BCUT2D eigenvalue weighted by atomic mass is 32.2. The van der Waals surface area contributed by atoms with Crippen LogP contribution >= 0.6 is 11.3 Å². The monoisotopic (exact) mass is 300 g/mol. The lowest BCUT2D eigenvalue weighted by molar-refractivity contribution is 0.601. The first-order valence-electron chi connectivity index (χ1n) is 5.67. The fraction of sp³-hybridized carbons (Fsp3) is 0.364. The van der Waals surface area contributed by atoms with Crippen LogP contribution in [-0.2, 0) is 23.6 Å². The zero-order valence-corrected chi connectivity index (χ0v) is 12.6. The van der Waals surface area contributed by atoms with Crippen molar-refractivity contribution in [1.82, 2.24) is 15.1 Å². The molecular weight excluding hydrogens is 284 g/mol. The van der Waals surface area contributed by atoms with Crippen LogP contribution in [0.5, 0.6) is 0 Å². The molecule has 0 aromatic carbocycles. The molecule has 0 radical (unpaired) electrons. The topological polar surface area (TPSA) is 76.0 Å². The number of thiophene rings is 1. The Hall–Kier alpha value is -1.38. The van der Waals surface area contributed by atoms with Gasteiger partial charge in [0.25, 0.3) is 10.0 Å². The summed E-state index contributed by atoms with van der Waals surface area (Å²) in [7, 11) is 0.0343. The van der Waals surface area contributed by atoms with Crippen LogP contribution in [0.25, 0.3) is 0 Å². The van der Waals surface area contributed by atoms with Crippen molar-refractivity contribution in [3.8, 4) is 0 Å². The molecule has 0 spiro atoms. The molecule has 6 nitrogen and oxygen atoms in total. The molecule has 2 aromatic rings. The summed E-state index contributed by atoms with van der Waals surface area (Å²) in [5.74, 6) is 0. The van der Waals surface area contributed by atoms with Crippen molar-refractivity contribution in [2.24, 2.45) is 7.05 Å². The van der Waals surface area contributed by atoms with Crippen LogP contribution in [0.2, 0.25) is 0 Å². The van der Waals surface area contributed by atoms with Crippen molar-refractivity contribution in [3.05, 3.63) is 28.2 Å². The summed E-state index contributed by atoms with van der Waals surface area (Å²) < 4.78 is 28.6. The molecule has 0 fully saturated rings. The zero-order chi connectivity index (χ0) is 14.0. The van der Waals surface area contributed by atoms with Gasteiger partial charge >= 0.3 is 0 Å². The normalized spacial score (nSPS) is 11.7. The Morgan fingerprint density at radius 3 is 2.79 bits per heavy atom. The highest BCUT2D eigenvalue weighted by Crippen LogP contribution is 2.23. The summed E-state index contributed by atoms with van der Waals surface area (Å²) in [6.45, 7) is 2.42. The van der Waals surface area contributed by atoms with E-state index in [-0.39, 0.29) is 4.90 Å². The van der Waals surface area contributed by atoms with E-state index in [0.29, 0.717) is 17.9 Å². The summed E-state index contributed by atoms with van der Waals surface area (Å²) in [6, 6.07) is 1.68. The van der Waals surface area contributed by atoms with Crippen LogP contribution < -0.4 is 10.0 Å². The van der Waals surface area contributed by atoms with E-state index in [1.165, 1.54) is 11.3 Å². The van der Waals surface area contributed by atoms with Gasteiger partial charge in [0, 0.05) is 30.0 Å². The van der Waals surface area contributed by atoms with Gasteiger partial charge in [-0.1, -0.05) is 0 Å². The highest BCUT2D eigenvalue weighted by molar-refractivity contribution is 7.92. The van der Waals surface area contributed by atoms with Crippen LogP contribution in [0, 0.1) is 6.92 Å². The standard InChI is InChI=1S/C11H16N4O2S2/c1-8-11(6-15(3)13-8)14-19(16,17)10-4-9(5-12-2)18-7-10/h4,6-7,12,14H,5H2,1-3H3. The Morgan fingerprint density at radius 1 is 1.47 bits per heavy atom. The Bertz CT molecular complexity index is 673. The van der Waals surface area contributed by atoms with Gasteiger partial charge in [-0.2, -0.15) is 5.10 Å². The molecule has 0 aliphatic carbocycles. The molecule has 2 rings (SSSR count). The SMILES string of the molecule is CNCc1cc(S(=O)(=O)Nc2cn(C)nc2C)cs1. The summed E-state index contributed by atoms with van der Waals surface area (Å²) in [4.78, 5) is 1.26. The lowest BCUT2D eigenvalue weighted by Crippen LogP contribution is -2.12. The fourth-order valence-corrected chi connectivity index (χ4v) is 4.06. The molecule has 0 aliphatic heterocycles. The molecule has 0 bridgehead atoms. The molecule has 2 heterocycles. The minimum Gasteiger partial charge on any atom is -0.315 e. The van der Waals surface area contributed by atoms with Gasteiger partial charge in [0.05, 0.1) is 16.3 Å². The average molecular weight is 300 g/mol. The summed E-state index contributed by atoms with van der Waals surface area (Å²) in [6.07, 6.45) is 1.65. The van der Waals surface area contributed by atoms with Gasteiger partial charge in [-0.15, -0.1) is 11.3 Å². The molecule has 0 amide bonds. The molecule has 8 heteroatoms. The molecule has 2 aromatic heterocycles. The first-order chi connectivity index (χ1) is 8.92. The van der Waals surface area contributed by atoms with Gasteiger partial charge in [0.15, 0.2) is 0 Å². The van der Waals surface area contributed by atoms with Crippen LogP contribution in [-0.4, -0.2) is 25.2 Å². The molecule has 0 unspecified atom stereocenters. The van der Waals surface area contributed by atoms with Crippen LogP contribution in [0.3, 0.4) is 0 Å². The molecule has 104 valence electrons. The molecule has 19 heavy (non-hydrogen) atoms. The minimum atomic E-state index is -3.54. The van der Waals surface area contributed by atoms with Gasteiger partial charge in [-0.05, 0) is 20.0 Å². The molecule has 0 saturated heterocycles. The Morgan fingerprint density at radius 2 is 2.21 bits per heavy atom. The summed E-state index contributed by atoms with van der Waals surface area (Å²) in [5.41, 5.74) is 1.15. The predicted molar refractivity (Wildman–Crippen MR) is 75.8 cm³/mol. The lowest BCUT2D eigenvalue weighted by Gasteiger charge is -2.04. The van der Waals surface area contributed by atoms with E-state index < -0.39 is 10.0 Å². The van der Waals surface area contributed by atoms with E-state index in [0.717, 1.165) is 4.88 Å². The van der Waals surface area contributed by atoms with Crippen molar-refractivity contribution in [1.29, 1.82) is 0 Å². The van der Waals surface area contributed by atoms with Crippen LogP contribution in [0.1, 0.15) is 10.6 Å². The maximum Gasteiger partial charge on any atom is 0.262 e. The van der Waals surface area contributed by atoms with Crippen LogP contribution in [0.15, 0.2) is 22.5 Å². The Balaban J connectivity index is 2.24. The van der Waals surface area contributed by atoms with E-state index >= 15 is 0 Å². The van der Waals surface area contributed by atoms with E-state index in [4.69, 9.17) is 0 Å². The maximum absolute atomic E-state index is 12.2.